The van der Waals surface area contributed by atoms with E-state index in [-0.39, 0.29) is 24.5 Å². The first-order valence-electron chi connectivity index (χ1n) is 7.01. The van der Waals surface area contributed by atoms with Crippen LogP contribution in [0.2, 0.25) is 0 Å². The monoisotopic (exact) mass is 284 g/mol. The molecule has 1 aromatic carbocycles. The normalized spacial score (nSPS) is 23.6. The Morgan fingerprint density at radius 1 is 1.10 bits per heavy atom. The number of Topliss-reactive ketones (excluding diaryl/α,β-unsaturated/α-hetero) is 1. The minimum Gasteiger partial charge on any atom is -0.299 e. The average Bonchev–Trinajstić information content (AvgIpc) is 2.40. The van der Waals surface area contributed by atoms with Crippen LogP contribution in [0.3, 0.4) is 0 Å². The Labute approximate surface area is 117 Å². The second kappa shape index (κ2) is 5.98. The number of carbonyl (C=O) groups is 1. The summed E-state index contributed by atoms with van der Waals surface area (Å²) in [6, 6.07) is 7.72. The molecule has 0 aliphatic heterocycles. The lowest BCUT2D eigenvalue weighted by Crippen LogP contribution is -2.30. The summed E-state index contributed by atoms with van der Waals surface area (Å²) in [6.45, 7) is 1.98. The number of alkyl halides is 3. The number of benzene rings is 1. The van der Waals surface area contributed by atoms with E-state index in [0.29, 0.717) is 19.3 Å². The quantitative estimate of drug-likeness (QED) is 0.800. The summed E-state index contributed by atoms with van der Waals surface area (Å²) in [5, 5.41) is 0. The number of halogens is 3. The largest absolute Gasteiger partial charge is 0.391 e. The molecule has 0 unspecified atom stereocenters. The standard InChI is InChI=1S/C16H19F3O/c1-11-2-4-12(5-3-11)10-15(20)13-6-8-14(9-7-13)16(17,18)19/h2-5,13-14H,6-10H2,1H3. The van der Waals surface area contributed by atoms with Crippen molar-refractivity contribution in [2.24, 2.45) is 11.8 Å². The first kappa shape index (κ1) is 15.1. The molecule has 2 rings (SSSR count). The highest BCUT2D eigenvalue weighted by molar-refractivity contribution is 5.83. The fraction of sp³-hybridized carbons (Fsp3) is 0.562. The second-order valence-electron chi connectivity index (χ2n) is 5.72. The maximum absolute atomic E-state index is 12.6. The van der Waals surface area contributed by atoms with Crippen LogP contribution in [0.1, 0.15) is 36.8 Å². The lowest BCUT2D eigenvalue weighted by molar-refractivity contribution is -0.184. The molecule has 20 heavy (non-hydrogen) atoms. The van der Waals surface area contributed by atoms with Crippen molar-refractivity contribution in [1.29, 1.82) is 0 Å². The molecule has 0 saturated heterocycles. The van der Waals surface area contributed by atoms with Gasteiger partial charge in [-0.2, -0.15) is 13.2 Å². The van der Waals surface area contributed by atoms with E-state index in [4.69, 9.17) is 0 Å². The molecule has 0 atom stereocenters. The van der Waals surface area contributed by atoms with E-state index in [9.17, 15) is 18.0 Å². The van der Waals surface area contributed by atoms with E-state index in [0.717, 1.165) is 11.1 Å². The summed E-state index contributed by atoms with van der Waals surface area (Å²) >= 11 is 0. The van der Waals surface area contributed by atoms with Gasteiger partial charge in [-0.15, -0.1) is 0 Å². The molecule has 1 aromatic rings. The van der Waals surface area contributed by atoms with Gasteiger partial charge < -0.3 is 0 Å². The molecule has 1 nitrogen and oxygen atoms in total. The van der Waals surface area contributed by atoms with Crippen LogP contribution in [0, 0.1) is 18.8 Å². The topological polar surface area (TPSA) is 17.1 Å². The maximum atomic E-state index is 12.6. The molecule has 1 aliphatic rings. The zero-order valence-corrected chi connectivity index (χ0v) is 11.5. The van der Waals surface area contributed by atoms with Gasteiger partial charge in [0.15, 0.2) is 0 Å². The van der Waals surface area contributed by atoms with Crippen molar-refractivity contribution >= 4 is 5.78 Å². The van der Waals surface area contributed by atoms with Gasteiger partial charge in [0.05, 0.1) is 5.92 Å². The minimum absolute atomic E-state index is 0.0782. The van der Waals surface area contributed by atoms with Crippen LogP contribution in [0.25, 0.3) is 0 Å². The third-order valence-electron chi connectivity index (χ3n) is 4.14. The van der Waals surface area contributed by atoms with Crippen LogP contribution < -0.4 is 0 Å². The molecule has 0 amide bonds. The van der Waals surface area contributed by atoms with Gasteiger partial charge in [-0.25, -0.2) is 0 Å². The summed E-state index contributed by atoms with van der Waals surface area (Å²) in [5.41, 5.74) is 2.07. The first-order chi connectivity index (χ1) is 9.36. The molecule has 0 heterocycles. The van der Waals surface area contributed by atoms with Crippen LogP contribution in [0.4, 0.5) is 13.2 Å². The van der Waals surface area contributed by atoms with Gasteiger partial charge in [0, 0.05) is 12.3 Å². The second-order valence-corrected chi connectivity index (χ2v) is 5.72. The fourth-order valence-corrected chi connectivity index (χ4v) is 2.79. The predicted octanol–water partition coefficient (Wildman–Crippen LogP) is 4.48. The van der Waals surface area contributed by atoms with E-state index in [1.807, 2.05) is 31.2 Å². The van der Waals surface area contributed by atoms with Crippen LogP contribution in [-0.2, 0) is 11.2 Å². The lowest BCUT2D eigenvalue weighted by Gasteiger charge is -2.29. The summed E-state index contributed by atoms with van der Waals surface area (Å²) in [5.74, 6) is -1.34. The molecule has 1 fully saturated rings. The van der Waals surface area contributed by atoms with Gasteiger partial charge in [0.2, 0.25) is 0 Å². The number of rotatable bonds is 3. The molecule has 0 bridgehead atoms. The van der Waals surface area contributed by atoms with Crippen LogP contribution in [-0.4, -0.2) is 12.0 Å². The molecule has 1 saturated carbocycles. The highest BCUT2D eigenvalue weighted by Crippen LogP contribution is 2.39. The lowest BCUT2D eigenvalue weighted by atomic mass is 9.78. The molecule has 0 radical (unpaired) electrons. The third-order valence-corrected chi connectivity index (χ3v) is 4.14. The number of aryl methyl sites for hydroxylation is 1. The van der Waals surface area contributed by atoms with Crippen molar-refractivity contribution in [3.05, 3.63) is 35.4 Å². The Morgan fingerprint density at radius 2 is 1.65 bits per heavy atom. The third kappa shape index (κ3) is 3.84. The average molecular weight is 284 g/mol. The van der Waals surface area contributed by atoms with Crippen molar-refractivity contribution in [3.8, 4) is 0 Å². The predicted molar refractivity (Wildman–Crippen MR) is 71.4 cm³/mol. The molecule has 0 N–H and O–H groups in total. The highest BCUT2D eigenvalue weighted by atomic mass is 19.4. The maximum Gasteiger partial charge on any atom is 0.391 e. The number of hydrogen-bond acceptors (Lipinski definition) is 1. The number of hydrogen-bond donors (Lipinski definition) is 0. The van der Waals surface area contributed by atoms with Crippen molar-refractivity contribution in [1.82, 2.24) is 0 Å². The fourth-order valence-electron chi connectivity index (χ4n) is 2.79. The van der Waals surface area contributed by atoms with Crippen molar-refractivity contribution in [2.75, 3.05) is 0 Å². The summed E-state index contributed by atoms with van der Waals surface area (Å²) in [7, 11) is 0. The Morgan fingerprint density at radius 3 is 2.15 bits per heavy atom. The zero-order chi connectivity index (χ0) is 14.8. The Kier molecular flexibility index (Phi) is 4.51. The summed E-state index contributed by atoms with van der Waals surface area (Å²) in [4.78, 5) is 12.1. The van der Waals surface area contributed by atoms with E-state index >= 15 is 0 Å². The van der Waals surface area contributed by atoms with E-state index in [2.05, 4.69) is 0 Å². The molecular formula is C16H19F3O. The van der Waals surface area contributed by atoms with Gasteiger partial charge in [-0.1, -0.05) is 29.8 Å². The SMILES string of the molecule is Cc1ccc(CC(=O)C2CCC(C(F)(F)F)CC2)cc1. The molecule has 1 aliphatic carbocycles. The van der Waals surface area contributed by atoms with E-state index in [1.165, 1.54) is 0 Å². The van der Waals surface area contributed by atoms with Gasteiger partial charge in [0.25, 0.3) is 0 Å². The van der Waals surface area contributed by atoms with Crippen LogP contribution in [0.15, 0.2) is 24.3 Å². The van der Waals surface area contributed by atoms with E-state index in [1.54, 1.807) is 0 Å². The summed E-state index contributed by atoms with van der Waals surface area (Å²) < 4.78 is 37.7. The molecule has 110 valence electrons. The minimum atomic E-state index is -4.11. The van der Waals surface area contributed by atoms with Crippen molar-refractivity contribution in [3.63, 3.8) is 0 Å². The molecule has 4 heteroatoms. The highest BCUT2D eigenvalue weighted by Gasteiger charge is 2.42. The first-order valence-corrected chi connectivity index (χ1v) is 7.01. The Balaban J connectivity index is 1.87. The number of carbonyl (C=O) groups excluding carboxylic acids is 1. The molecule has 0 aromatic heterocycles. The summed E-state index contributed by atoms with van der Waals surface area (Å²) in [6.07, 6.45) is -2.85. The number of ketones is 1. The van der Waals surface area contributed by atoms with Crippen LogP contribution in [0.5, 0.6) is 0 Å². The van der Waals surface area contributed by atoms with Crippen molar-refractivity contribution < 1.29 is 18.0 Å². The smallest absolute Gasteiger partial charge is 0.299 e. The Bertz CT molecular complexity index is 454. The molecule has 0 spiro atoms. The van der Waals surface area contributed by atoms with Gasteiger partial charge in [-0.3, -0.25) is 4.79 Å². The van der Waals surface area contributed by atoms with E-state index < -0.39 is 12.1 Å². The van der Waals surface area contributed by atoms with Gasteiger partial charge >= 0.3 is 6.18 Å². The Hall–Kier alpha value is -1.32. The van der Waals surface area contributed by atoms with Gasteiger partial charge in [-0.05, 0) is 38.2 Å². The molecular weight excluding hydrogens is 265 g/mol. The van der Waals surface area contributed by atoms with Crippen LogP contribution >= 0.6 is 0 Å². The van der Waals surface area contributed by atoms with Gasteiger partial charge in [0.1, 0.15) is 5.78 Å². The van der Waals surface area contributed by atoms with Crippen molar-refractivity contribution in [2.45, 2.75) is 45.2 Å². The zero-order valence-electron chi connectivity index (χ0n) is 11.5.